The van der Waals surface area contributed by atoms with Crippen LogP contribution >= 0.6 is 0 Å². The van der Waals surface area contributed by atoms with Crippen molar-refractivity contribution in [2.45, 2.75) is 187 Å². The summed E-state index contributed by atoms with van der Waals surface area (Å²) >= 11 is 0. The fourth-order valence-corrected chi connectivity index (χ4v) is 11.3. The van der Waals surface area contributed by atoms with E-state index < -0.39 is 99.4 Å². The third kappa shape index (κ3) is 28.4. The number of aryl methyl sites for hydroxylation is 1. The van der Waals surface area contributed by atoms with E-state index in [0.29, 0.717) is 12.8 Å². The summed E-state index contributed by atoms with van der Waals surface area (Å²) in [5.74, 6) is -0.692. The molecule has 2 amide bonds. The van der Waals surface area contributed by atoms with Gasteiger partial charge in [-0.3, -0.25) is 75.1 Å². The second-order valence-electron chi connectivity index (χ2n) is 24.2. The van der Waals surface area contributed by atoms with Gasteiger partial charge >= 0.3 is 22.7 Å². The molecule has 0 spiro atoms. The lowest BCUT2D eigenvalue weighted by Crippen LogP contribution is -2.32. The minimum Gasteiger partial charge on any atom is -0.377 e. The monoisotopic (exact) mass is 1350 g/mol. The molecule has 97 heavy (non-hydrogen) atoms. The molecule has 0 aliphatic carbocycles. The van der Waals surface area contributed by atoms with E-state index in [1.54, 1.807) is 0 Å². The Balaban J connectivity index is 0.793. The van der Waals surface area contributed by atoms with Crippen molar-refractivity contribution in [3.05, 3.63) is 156 Å². The molecule has 0 aliphatic heterocycles. The predicted octanol–water partition coefficient (Wildman–Crippen LogP) is 15.2. The Kier molecular flexibility index (Phi) is 35.2. The number of non-ortho nitro benzene ring substituents is 1. The first-order chi connectivity index (χ1) is 46.8. The summed E-state index contributed by atoms with van der Waals surface area (Å²) in [6.07, 6.45) is 34.5. The molecule has 0 radical (unpaired) electrons. The Morgan fingerprint density at radius 2 is 1.00 bits per heavy atom. The number of nitrogens with zero attached hydrogens (tertiary/aromatic N) is 8. The molecule has 4 aromatic carbocycles. The number of ether oxygens (including phenoxy) is 2. The van der Waals surface area contributed by atoms with E-state index in [2.05, 4.69) is 107 Å². The molecule has 0 saturated carbocycles. The molecule has 1 heterocycles. The minimum absolute atomic E-state index is 0.0451. The number of fused-ring (bicyclic) bond motifs is 1. The molecule has 526 valence electrons. The van der Waals surface area contributed by atoms with Gasteiger partial charge in [-0.25, -0.2) is 4.57 Å². The molecule has 0 unspecified atom stereocenters. The summed E-state index contributed by atoms with van der Waals surface area (Å²) in [6, 6.07) is 18.7. The Morgan fingerprint density at radius 1 is 0.485 bits per heavy atom. The van der Waals surface area contributed by atoms with Gasteiger partial charge in [-0.05, 0) is 78.6 Å². The maximum Gasteiger partial charge on any atom is 0.309 e. The molecular formula is C69H94N11O17+. The van der Waals surface area contributed by atoms with Crippen LogP contribution in [0.5, 0.6) is 0 Å². The number of nitrogens with one attached hydrogen (secondary N) is 3. The fraction of sp³-hybridized carbons (Fsp3) is 0.536. The fourth-order valence-electron chi connectivity index (χ4n) is 11.3. The second kappa shape index (κ2) is 43.6. The number of unbranched alkanes of at least 4 members (excludes halogenated alkanes) is 20. The Labute approximate surface area is 564 Å². The number of hydrogen-bond acceptors (Lipinski definition) is 19. The number of anilines is 3. The maximum atomic E-state index is 12.7. The van der Waals surface area contributed by atoms with Crippen LogP contribution in [-0.4, -0.2) is 100 Å². The standard InChI is InChI=1S/C69H93N11O17/c1-3-4-24-41-74-42-36-53(37-43-74)28-29-54-30-31-56-48-57(33-32-55(56)47-54)73(2)40-25-20-16-12-8-7-11-15-19-23-38-70-65(82)27-22-18-14-10-6-5-9-13-17-21-26-59(81)52-97-46-45-96-44-39-71-66(83)35-34-60-61(76(86)87)51-64(79(92)93)68(69(60)80(94)95)72-67-62(77(88)89)49-58(75(84)85)50-63(67)78(90)91/h28-33,36-37,42-43,47-51,72H,3-27,34-35,38-41,44-46,52H2,1-2H3,(H-,70,71,82,83)/p+1. The molecule has 0 saturated heterocycles. The van der Waals surface area contributed by atoms with E-state index in [0.717, 1.165) is 96.7 Å². The lowest BCUT2D eigenvalue weighted by atomic mass is 10.0. The molecule has 5 aromatic rings. The molecule has 28 heteroatoms. The quantitative estimate of drug-likeness (QED) is 0.0141. The number of amides is 2. The number of nitro groups is 6. The summed E-state index contributed by atoms with van der Waals surface area (Å²) < 4.78 is 13.1. The van der Waals surface area contributed by atoms with Gasteiger partial charge in [0.1, 0.15) is 18.7 Å². The van der Waals surface area contributed by atoms with Crippen LogP contribution in [0.4, 0.5) is 51.2 Å². The molecule has 28 nitrogen and oxygen atoms in total. The number of carbonyl (C=O) groups is 3. The third-order valence-electron chi connectivity index (χ3n) is 16.7. The summed E-state index contributed by atoms with van der Waals surface area (Å²) in [5.41, 5.74) is -7.59. The van der Waals surface area contributed by atoms with Crippen molar-refractivity contribution in [1.29, 1.82) is 0 Å². The number of hydrogen-bond donors (Lipinski definition) is 3. The van der Waals surface area contributed by atoms with E-state index in [4.69, 9.17) is 9.47 Å². The second-order valence-corrected chi connectivity index (χ2v) is 24.2. The van der Waals surface area contributed by atoms with Gasteiger partial charge in [-0.2, -0.15) is 0 Å². The summed E-state index contributed by atoms with van der Waals surface area (Å²) in [5, 5.41) is 81.5. The van der Waals surface area contributed by atoms with E-state index in [1.807, 2.05) is 5.32 Å². The average Bonchev–Trinajstić information content (AvgIpc) is 0.771. The number of benzene rings is 4. The van der Waals surface area contributed by atoms with Crippen LogP contribution in [0.2, 0.25) is 0 Å². The molecular weight excluding hydrogens is 1250 g/mol. The normalized spacial score (nSPS) is 11.2. The molecule has 0 aliphatic rings. The highest BCUT2D eigenvalue weighted by molar-refractivity contribution is 5.91. The van der Waals surface area contributed by atoms with Crippen LogP contribution in [-0.2, 0) is 36.8 Å². The SMILES string of the molecule is CCCCC[n+]1ccc(/C=C/c2ccc3cc(N(C)CCCCCCCCCCCCNC(=O)CCCCCCCCCCCCC(=O)COCCOCCNC(=O)CCc4c([N+](=O)[O-])cc([N+](=O)[O-])c(Nc5c([N+](=O)[O-])cc([N+](=O)[O-])cc5[N+](=O)[O-])c4[N+](=O)[O-])ccc3c2)cc1. The zero-order chi connectivity index (χ0) is 70.3. The predicted molar refractivity (Wildman–Crippen MR) is 371 cm³/mol. The molecule has 5 rings (SSSR count). The summed E-state index contributed by atoms with van der Waals surface area (Å²) in [4.78, 5) is 104. The first-order valence-corrected chi connectivity index (χ1v) is 33.9. The van der Waals surface area contributed by atoms with Crippen LogP contribution in [0.1, 0.15) is 191 Å². The lowest BCUT2D eigenvalue weighted by Gasteiger charge is -2.20. The van der Waals surface area contributed by atoms with E-state index >= 15 is 0 Å². The van der Waals surface area contributed by atoms with Gasteiger partial charge in [-0.1, -0.05) is 146 Å². The molecule has 3 N–H and O–H groups in total. The van der Waals surface area contributed by atoms with Crippen LogP contribution in [0, 0.1) is 60.7 Å². The van der Waals surface area contributed by atoms with Crippen LogP contribution in [0.15, 0.2) is 79.1 Å². The highest BCUT2D eigenvalue weighted by Crippen LogP contribution is 2.48. The zero-order valence-electron chi connectivity index (χ0n) is 55.9. The largest absolute Gasteiger partial charge is 0.377 e. The molecule has 1 aromatic heterocycles. The number of nitro benzene ring substituents is 6. The molecule has 0 atom stereocenters. The number of Topliss-reactive ketones (excluding diaryl/α,β-unsaturated/α-hetero) is 1. The third-order valence-corrected chi connectivity index (χ3v) is 16.7. The average molecular weight is 1350 g/mol. The maximum absolute atomic E-state index is 12.7. The zero-order valence-corrected chi connectivity index (χ0v) is 55.9. The van der Waals surface area contributed by atoms with E-state index in [-0.39, 0.29) is 62.9 Å². The van der Waals surface area contributed by atoms with Gasteiger partial charge in [0.25, 0.3) is 11.4 Å². The highest BCUT2D eigenvalue weighted by atomic mass is 16.7. The number of carbonyl (C=O) groups excluding carboxylic acids is 3. The van der Waals surface area contributed by atoms with Crippen LogP contribution in [0.3, 0.4) is 0 Å². The lowest BCUT2D eigenvalue weighted by molar-refractivity contribution is -0.697. The van der Waals surface area contributed by atoms with E-state index in [9.17, 15) is 75.1 Å². The topological polar surface area (TPSA) is 372 Å². The van der Waals surface area contributed by atoms with Crippen LogP contribution in [0.25, 0.3) is 22.9 Å². The van der Waals surface area contributed by atoms with E-state index in [1.165, 1.54) is 98.2 Å². The first kappa shape index (κ1) is 78.3. The highest BCUT2D eigenvalue weighted by Gasteiger charge is 2.40. The van der Waals surface area contributed by atoms with Crippen molar-refractivity contribution >= 4 is 91.7 Å². The van der Waals surface area contributed by atoms with Crippen molar-refractivity contribution in [2.24, 2.45) is 0 Å². The van der Waals surface area contributed by atoms with Gasteiger partial charge in [-0.15, -0.1) is 0 Å². The van der Waals surface area contributed by atoms with Gasteiger partial charge in [0.05, 0.1) is 67.6 Å². The summed E-state index contributed by atoms with van der Waals surface area (Å²) in [7, 11) is 2.20. The van der Waals surface area contributed by atoms with Gasteiger partial charge in [0.2, 0.25) is 11.8 Å². The summed E-state index contributed by atoms with van der Waals surface area (Å²) in [6.45, 7) is 5.03. The first-order valence-electron chi connectivity index (χ1n) is 33.9. The smallest absolute Gasteiger partial charge is 0.309 e. The van der Waals surface area contributed by atoms with Gasteiger partial charge in [0.15, 0.2) is 29.6 Å². The van der Waals surface area contributed by atoms with Crippen molar-refractivity contribution < 1.29 is 58.0 Å². The van der Waals surface area contributed by atoms with Gasteiger partial charge in [0, 0.05) is 70.2 Å². The number of aromatic nitrogens is 1. The van der Waals surface area contributed by atoms with Gasteiger partial charge < -0.3 is 30.3 Å². The molecule has 0 fully saturated rings. The Morgan fingerprint density at radius 3 is 1.59 bits per heavy atom. The Hall–Kier alpha value is -9.44. The number of ketones is 1. The van der Waals surface area contributed by atoms with Crippen molar-refractivity contribution in [3.63, 3.8) is 0 Å². The van der Waals surface area contributed by atoms with Crippen molar-refractivity contribution in [1.82, 2.24) is 10.6 Å². The Bertz CT molecular complexity index is 3420. The molecule has 0 bridgehead atoms. The number of rotatable bonds is 52. The number of pyridine rings is 1. The van der Waals surface area contributed by atoms with Crippen molar-refractivity contribution in [3.8, 4) is 0 Å². The van der Waals surface area contributed by atoms with Crippen molar-refractivity contribution in [2.75, 3.05) is 63.3 Å². The van der Waals surface area contributed by atoms with Crippen LogP contribution < -0.4 is 25.4 Å². The minimum atomic E-state index is -1.41.